The van der Waals surface area contributed by atoms with Crippen LogP contribution < -0.4 is 5.73 Å². The van der Waals surface area contributed by atoms with E-state index in [1.54, 1.807) is 6.21 Å². The summed E-state index contributed by atoms with van der Waals surface area (Å²) in [6.45, 7) is 0.762. The Morgan fingerprint density at radius 2 is 2.07 bits per heavy atom. The number of hydrogen-bond donors (Lipinski definition) is 2. The van der Waals surface area contributed by atoms with Crippen molar-refractivity contribution in [1.82, 2.24) is 0 Å². The van der Waals surface area contributed by atoms with Gasteiger partial charge in [-0.05, 0) is 12.0 Å². The molecule has 0 saturated heterocycles. The van der Waals surface area contributed by atoms with Gasteiger partial charge in [-0.2, -0.15) is 0 Å². The largest absolute Gasteiger partial charge is 0.396 e. The highest BCUT2D eigenvalue weighted by Gasteiger charge is 1.95. The zero-order chi connectivity index (χ0) is 10.2. The highest BCUT2D eigenvalue weighted by atomic mass is 16.3. The van der Waals surface area contributed by atoms with E-state index in [0.29, 0.717) is 13.0 Å². The van der Waals surface area contributed by atoms with Gasteiger partial charge in [0.2, 0.25) is 0 Å². The number of nitrogens with two attached hydrogens (primary N) is 1. The number of hydrogen-bond acceptors (Lipinski definition) is 3. The van der Waals surface area contributed by atoms with Crippen molar-refractivity contribution in [3.05, 3.63) is 35.9 Å². The molecule has 0 aromatic heterocycles. The second-order valence-electron chi connectivity index (χ2n) is 3.15. The van der Waals surface area contributed by atoms with Crippen molar-refractivity contribution in [3.8, 4) is 0 Å². The van der Waals surface area contributed by atoms with Crippen LogP contribution in [0.25, 0.3) is 0 Å². The summed E-state index contributed by atoms with van der Waals surface area (Å²) in [5.41, 5.74) is 6.81. The van der Waals surface area contributed by atoms with Gasteiger partial charge in [-0.1, -0.05) is 30.3 Å². The lowest BCUT2D eigenvalue weighted by molar-refractivity contribution is 0.286. The standard InChI is InChI=1S/C11H16N2O/c12-11(6-7-14)9-13-8-10-4-2-1-3-5-10/h1-5,9,11,14H,6-8,12H2. The Morgan fingerprint density at radius 3 is 2.71 bits per heavy atom. The van der Waals surface area contributed by atoms with Gasteiger partial charge in [-0.3, -0.25) is 4.99 Å². The van der Waals surface area contributed by atoms with Crippen LogP contribution in [-0.4, -0.2) is 24.0 Å². The minimum atomic E-state index is -0.135. The lowest BCUT2D eigenvalue weighted by atomic mass is 10.2. The zero-order valence-electron chi connectivity index (χ0n) is 8.13. The molecule has 1 atom stereocenters. The summed E-state index contributed by atoms with van der Waals surface area (Å²) in [7, 11) is 0. The molecule has 14 heavy (non-hydrogen) atoms. The van der Waals surface area contributed by atoms with Gasteiger partial charge in [0.05, 0.1) is 6.54 Å². The van der Waals surface area contributed by atoms with Crippen molar-refractivity contribution in [2.75, 3.05) is 6.61 Å². The van der Waals surface area contributed by atoms with Crippen LogP contribution in [0.15, 0.2) is 35.3 Å². The van der Waals surface area contributed by atoms with E-state index in [1.807, 2.05) is 30.3 Å². The molecule has 3 nitrogen and oxygen atoms in total. The molecular formula is C11H16N2O. The average molecular weight is 192 g/mol. The third kappa shape index (κ3) is 4.16. The highest BCUT2D eigenvalue weighted by molar-refractivity contribution is 5.63. The first-order valence-corrected chi connectivity index (χ1v) is 4.73. The lowest BCUT2D eigenvalue weighted by Crippen LogP contribution is -2.22. The van der Waals surface area contributed by atoms with Gasteiger partial charge in [0.15, 0.2) is 0 Å². The first-order chi connectivity index (χ1) is 6.83. The first kappa shape index (κ1) is 10.9. The van der Waals surface area contributed by atoms with Crippen LogP contribution in [0.1, 0.15) is 12.0 Å². The Morgan fingerprint density at radius 1 is 1.36 bits per heavy atom. The van der Waals surface area contributed by atoms with Gasteiger partial charge in [0.1, 0.15) is 0 Å². The van der Waals surface area contributed by atoms with Gasteiger partial charge in [0, 0.05) is 18.9 Å². The van der Waals surface area contributed by atoms with E-state index < -0.39 is 0 Å². The molecule has 0 radical (unpaired) electrons. The molecule has 0 aliphatic heterocycles. The molecule has 0 fully saturated rings. The summed E-state index contributed by atoms with van der Waals surface area (Å²) in [4.78, 5) is 4.20. The topological polar surface area (TPSA) is 58.6 Å². The van der Waals surface area contributed by atoms with Crippen LogP contribution >= 0.6 is 0 Å². The smallest absolute Gasteiger partial charge is 0.0636 e. The van der Waals surface area contributed by atoms with Crippen molar-refractivity contribution in [1.29, 1.82) is 0 Å². The molecule has 0 spiro atoms. The van der Waals surface area contributed by atoms with E-state index in [9.17, 15) is 0 Å². The third-order valence-corrected chi connectivity index (χ3v) is 1.88. The zero-order valence-corrected chi connectivity index (χ0v) is 8.13. The van der Waals surface area contributed by atoms with E-state index in [1.165, 1.54) is 5.56 Å². The Labute approximate surface area is 84.3 Å². The SMILES string of the molecule is NC(C=NCc1ccccc1)CCO. The molecule has 0 aliphatic rings. The van der Waals surface area contributed by atoms with Crippen molar-refractivity contribution >= 4 is 6.21 Å². The number of rotatable bonds is 5. The summed E-state index contributed by atoms with van der Waals surface area (Å²) in [5, 5.41) is 8.61. The molecule has 1 aromatic rings. The minimum absolute atomic E-state index is 0.110. The van der Waals surface area contributed by atoms with Crippen LogP contribution in [0.2, 0.25) is 0 Å². The maximum atomic E-state index is 8.61. The van der Waals surface area contributed by atoms with Crippen molar-refractivity contribution in [2.45, 2.75) is 19.0 Å². The fourth-order valence-corrected chi connectivity index (χ4v) is 1.10. The summed E-state index contributed by atoms with van der Waals surface area (Å²) in [6, 6.07) is 9.86. The molecule has 76 valence electrons. The van der Waals surface area contributed by atoms with Crippen LogP contribution in [-0.2, 0) is 6.54 Å². The minimum Gasteiger partial charge on any atom is -0.396 e. The number of aliphatic hydroxyl groups excluding tert-OH is 1. The van der Waals surface area contributed by atoms with E-state index in [-0.39, 0.29) is 12.6 Å². The third-order valence-electron chi connectivity index (χ3n) is 1.88. The highest BCUT2D eigenvalue weighted by Crippen LogP contribution is 1.99. The predicted molar refractivity (Wildman–Crippen MR) is 58.3 cm³/mol. The Hall–Kier alpha value is -1.19. The molecule has 1 unspecified atom stereocenters. The van der Waals surface area contributed by atoms with Crippen LogP contribution in [0.5, 0.6) is 0 Å². The predicted octanol–water partition coefficient (Wildman–Crippen LogP) is 0.967. The molecule has 1 aromatic carbocycles. The summed E-state index contributed by atoms with van der Waals surface area (Å²) in [5.74, 6) is 0. The number of benzene rings is 1. The fraction of sp³-hybridized carbons (Fsp3) is 0.364. The van der Waals surface area contributed by atoms with Gasteiger partial charge in [0.25, 0.3) is 0 Å². The second-order valence-corrected chi connectivity index (χ2v) is 3.15. The van der Waals surface area contributed by atoms with Crippen molar-refractivity contribution in [3.63, 3.8) is 0 Å². The summed E-state index contributed by atoms with van der Waals surface area (Å²) in [6.07, 6.45) is 2.27. The molecule has 3 heteroatoms. The first-order valence-electron chi connectivity index (χ1n) is 4.73. The second kappa shape index (κ2) is 6.29. The average Bonchev–Trinajstić information content (AvgIpc) is 2.20. The monoisotopic (exact) mass is 192 g/mol. The summed E-state index contributed by atoms with van der Waals surface area (Å²) >= 11 is 0. The Balaban J connectivity index is 2.33. The molecule has 1 rings (SSSR count). The van der Waals surface area contributed by atoms with Crippen LogP contribution in [0.3, 0.4) is 0 Å². The molecule has 0 bridgehead atoms. The number of nitrogens with zero attached hydrogens (tertiary/aromatic N) is 1. The summed E-state index contributed by atoms with van der Waals surface area (Å²) < 4.78 is 0. The van der Waals surface area contributed by atoms with E-state index in [4.69, 9.17) is 10.8 Å². The normalized spacial score (nSPS) is 13.3. The number of aliphatic imine (C=N–C) groups is 1. The van der Waals surface area contributed by atoms with Gasteiger partial charge >= 0.3 is 0 Å². The van der Waals surface area contributed by atoms with E-state index in [0.717, 1.165) is 0 Å². The van der Waals surface area contributed by atoms with Crippen LogP contribution in [0, 0.1) is 0 Å². The maximum Gasteiger partial charge on any atom is 0.0636 e. The molecule has 3 N–H and O–H groups in total. The van der Waals surface area contributed by atoms with Gasteiger partial charge in [-0.25, -0.2) is 0 Å². The van der Waals surface area contributed by atoms with Crippen LogP contribution in [0.4, 0.5) is 0 Å². The molecular weight excluding hydrogens is 176 g/mol. The fourth-order valence-electron chi connectivity index (χ4n) is 1.10. The quantitative estimate of drug-likeness (QED) is 0.683. The van der Waals surface area contributed by atoms with Gasteiger partial charge in [-0.15, -0.1) is 0 Å². The number of aliphatic hydroxyl groups is 1. The van der Waals surface area contributed by atoms with Crippen molar-refractivity contribution in [2.24, 2.45) is 10.7 Å². The van der Waals surface area contributed by atoms with E-state index in [2.05, 4.69) is 4.99 Å². The van der Waals surface area contributed by atoms with E-state index >= 15 is 0 Å². The Bertz CT molecular complexity index is 272. The molecule has 0 heterocycles. The molecule has 0 saturated carbocycles. The molecule has 0 amide bonds. The molecule has 0 aliphatic carbocycles. The maximum absolute atomic E-state index is 8.61. The Kier molecular flexibility index (Phi) is 4.89. The lowest BCUT2D eigenvalue weighted by Gasteiger charge is -2.01. The van der Waals surface area contributed by atoms with Gasteiger partial charge < -0.3 is 10.8 Å². The van der Waals surface area contributed by atoms with Crippen molar-refractivity contribution < 1.29 is 5.11 Å².